The van der Waals surface area contributed by atoms with Crippen LogP contribution >= 0.6 is 15.9 Å². The van der Waals surface area contributed by atoms with Gasteiger partial charge in [-0.2, -0.15) is 0 Å². The van der Waals surface area contributed by atoms with Crippen molar-refractivity contribution in [2.24, 2.45) is 0 Å². The number of nitrogens with one attached hydrogen (secondary N) is 1. The molecule has 0 saturated carbocycles. The van der Waals surface area contributed by atoms with Crippen molar-refractivity contribution in [3.05, 3.63) is 88.6 Å². The fourth-order valence-corrected chi connectivity index (χ4v) is 4.95. The molecule has 0 aromatic heterocycles. The molecule has 0 aliphatic carbocycles. The van der Waals surface area contributed by atoms with E-state index in [1.54, 1.807) is 59.5 Å². The van der Waals surface area contributed by atoms with E-state index in [1.165, 1.54) is 18.2 Å². The van der Waals surface area contributed by atoms with Gasteiger partial charge in [0.1, 0.15) is 5.82 Å². The number of piperazine rings is 1. The summed E-state index contributed by atoms with van der Waals surface area (Å²) < 4.78 is 43.0. The van der Waals surface area contributed by atoms with E-state index in [0.717, 1.165) is 4.47 Å². The lowest BCUT2D eigenvalue weighted by Gasteiger charge is -2.36. The molecule has 166 valence electrons. The molecule has 1 aliphatic rings. The van der Waals surface area contributed by atoms with Crippen LogP contribution in [0.25, 0.3) is 0 Å². The zero-order valence-corrected chi connectivity index (χ0v) is 19.4. The summed E-state index contributed by atoms with van der Waals surface area (Å²) in [7, 11) is -3.86. The van der Waals surface area contributed by atoms with Gasteiger partial charge >= 0.3 is 0 Å². The van der Waals surface area contributed by atoms with Gasteiger partial charge in [-0.15, -0.1) is 0 Å². The number of nitrogens with zero attached hydrogens (tertiary/aromatic N) is 2. The van der Waals surface area contributed by atoms with Crippen LogP contribution in [0.5, 0.6) is 0 Å². The summed E-state index contributed by atoms with van der Waals surface area (Å²) >= 11 is 3.29. The van der Waals surface area contributed by atoms with Crippen LogP contribution in [0.3, 0.4) is 0 Å². The molecular formula is C23H21BrFN3O3S. The van der Waals surface area contributed by atoms with E-state index in [0.29, 0.717) is 31.9 Å². The Kier molecular flexibility index (Phi) is 6.48. The van der Waals surface area contributed by atoms with Crippen molar-refractivity contribution in [1.82, 2.24) is 4.90 Å². The van der Waals surface area contributed by atoms with Crippen molar-refractivity contribution in [2.75, 3.05) is 35.8 Å². The summed E-state index contributed by atoms with van der Waals surface area (Å²) in [6.07, 6.45) is 0. The van der Waals surface area contributed by atoms with Crippen molar-refractivity contribution < 1.29 is 17.6 Å². The predicted molar refractivity (Wildman–Crippen MR) is 126 cm³/mol. The lowest BCUT2D eigenvalue weighted by molar-refractivity contribution is 0.0747. The van der Waals surface area contributed by atoms with E-state index in [4.69, 9.17) is 0 Å². The Labute approximate surface area is 194 Å². The van der Waals surface area contributed by atoms with Gasteiger partial charge in [0, 0.05) is 30.7 Å². The first kappa shape index (κ1) is 22.3. The summed E-state index contributed by atoms with van der Waals surface area (Å²) in [5, 5.41) is 0. The van der Waals surface area contributed by atoms with Gasteiger partial charge in [0.05, 0.1) is 21.8 Å². The number of halogens is 2. The number of carbonyl (C=O) groups excluding carboxylic acids is 1. The van der Waals surface area contributed by atoms with Gasteiger partial charge in [-0.3, -0.25) is 9.52 Å². The summed E-state index contributed by atoms with van der Waals surface area (Å²) in [5.41, 5.74) is 1.01. The first-order valence-electron chi connectivity index (χ1n) is 10.0. The van der Waals surface area contributed by atoms with Crippen molar-refractivity contribution in [2.45, 2.75) is 4.90 Å². The normalized spacial score (nSPS) is 14.3. The molecule has 3 aromatic carbocycles. The Morgan fingerprint density at radius 3 is 2.19 bits per heavy atom. The number of amides is 1. The molecule has 32 heavy (non-hydrogen) atoms. The number of hydrogen-bond acceptors (Lipinski definition) is 4. The molecule has 6 nitrogen and oxygen atoms in total. The number of benzene rings is 3. The Hall–Kier alpha value is -2.91. The molecule has 4 rings (SSSR count). The molecule has 0 atom stereocenters. The Balaban J connectivity index is 1.50. The highest BCUT2D eigenvalue weighted by molar-refractivity contribution is 9.10. The van der Waals surface area contributed by atoms with Crippen LogP contribution in [0.1, 0.15) is 10.4 Å². The van der Waals surface area contributed by atoms with Crippen LogP contribution in [0.4, 0.5) is 15.8 Å². The molecule has 1 amide bonds. The predicted octanol–water partition coefficient (Wildman–Crippen LogP) is 4.35. The number of para-hydroxylation sites is 2. The molecule has 0 radical (unpaired) electrons. The largest absolute Gasteiger partial charge is 0.366 e. The Morgan fingerprint density at radius 1 is 0.875 bits per heavy atom. The topological polar surface area (TPSA) is 69.7 Å². The molecular weight excluding hydrogens is 497 g/mol. The van der Waals surface area contributed by atoms with Crippen LogP contribution in [0, 0.1) is 5.82 Å². The van der Waals surface area contributed by atoms with Crippen molar-refractivity contribution in [1.29, 1.82) is 0 Å². The molecule has 1 fully saturated rings. The van der Waals surface area contributed by atoms with E-state index in [9.17, 15) is 17.6 Å². The maximum absolute atomic E-state index is 14.1. The Morgan fingerprint density at radius 2 is 1.50 bits per heavy atom. The van der Waals surface area contributed by atoms with Crippen LogP contribution in [0.2, 0.25) is 0 Å². The standard InChI is InChI=1S/C23H21BrFN3O3S/c24-17-9-11-18(12-10-17)32(30,31)26-21-7-3-1-5-19(21)23(29)28-15-13-27(14-16-28)22-8-4-2-6-20(22)25/h1-12,26H,13-16H2. The summed E-state index contributed by atoms with van der Waals surface area (Å²) in [6.45, 7) is 1.78. The fourth-order valence-electron chi connectivity index (χ4n) is 3.61. The molecule has 0 bridgehead atoms. The highest BCUT2D eigenvalue weighted by Crippen LogP contribution is 2.25. The van der Waals surface area contributed by atoms with Crippen molar-refractivity contribution in [3.63, 3.8) is 0 Å². The number of sulfonamides is 1. The van der Waals surface area contributed by atoms with Gasteiger partial charge in [0.15, 0.2) is 0 Å². The smallest absolute Gasteiger partial charge is 0.261 e. The summed E-state index contributed by atoms with van der Waals surface area (Å²) in [5.74, 6) is -0.563. The van der Waals surface area contributed by atoms with Gasteiger partial charge in [-0.25, -0.2) is 12.8 Å². The molecule has 0 spiro atoms. The van der Waals surface area contributed by atoms with Crippen LogP contribution < -0.4 is 9.62 Å². The second kappa shape index (κ2) is 9.30. The molecule has 1 aliphatic heterocycles. The molecule has 0 unspecified atom stereocenters. The number of anilines is 2. The SMILES string of the molecule is O=C(c1ccccc1NS(=O)(=O)c1ccc(Br)cc1)N1CCN(c2ccccc2F)CC1. The molecule has 1 saturated heterocycles. The fraction of sp³-hybridized carbons (Fsp3) is 0.174. The monoisotopic (exact) mass is 517 g/mol. The van der Waals surface area contributed by atoms with Crippen LogP contribution in [0.15, 0.2) is 82.2 Å². The molecule has 1 N–H and O–H groups in total. The second-order valence-corrected chi connectivity index (χ2v) is 9.93. The zero-order chi connectivity index (χ0) is 22.7. The average molecular weight is 518 g/mol. The highest BCUT2D eigenvalue weighted by Gasteiger charge is 2.26. The van der Waals surface area contributed by atoms with Crippen LogP contribution in [-0.4, -0.2) is 45.4 Å². The Bertz CT molecular complexity index is 1230. The molecule has 3 aromatic rings. The number of hydrogen-bond donors (Lipinski definition) is 1. The van der Waals surface area contributed by atoms with E-state index < -0.39 is 10.0 Å². The molecule has 9 heteroatoms. The third kappa shape index (κ3) is 4.78. The van der Waals surface area contributed by atoms with E-state index >= 15 is 0 Å². The molecule has 1 heterocycles. The first-order chi connectivity index (χ1) is 15.3. The van der Waals surface area contributed by atoms with Gasteiger partial charge in [0.2, 0.25) is 0 Å². The van der Waals surface area contributed by atoms with Gasteiger partial charge in [-0.05, 0) is 48.5 Å². The zero-order valence-electron chi connectivity index (χ0n) is 17.0. The van der Waals surface area contributed by atoms with Gasteiger partial charge in [-0.1, -0.05) is 40.2 Å². The maximum Gasteiger partial charge on any atom is 0.261 e. The van der Waals surface area contributed by atoms with Crippen molar-refractivity contribution >= 4 is 43.2 Å². The minimum atomic E-state index is -3.86. The number of carbonyl (C=O) groups is 1. The summed E-state index contributed by atoms with van der Waals surface area (Å²) in [4.78, 5) is 16.8. The number of rotatable bonds is 5. The second-order valence-electron chi connectivity index (χ2n) is 7.34. The minimum absolute atomic E-state index is 0.0986. The lowest BCUT2D eigenvalue weighted by atomic mass is 10.1. The lowest BCUT2D eigenvalue weighted by Crippen LogP contribution is -2.49. The van der Waals surface area contributed by atoms with Gasteiger partial charge in [0.25, 0.3) is 15.9 Å². The average Bonchev–Trinajstić information content (AvgIpc) is 2.79. The van der Waals surface area contributed by atoms with Gasteiger partial charge < -0.3 is 9.80 Å². The van der Waals surface area contributed by atoms with E-state index in [-0.39, 0.29) is 27.9 Å². The first-order valence-corrected chi connectivity index (χ1v) is 12.3. The van der Waals surface area contributed by atoms with E-state index in [2.05, 4.69) is 20.7 Å². The third-order valence-corrected chi connectivity index (χ3v) is 7.20. The summed E-state index contributed by atoms with van der Waals surface area (Å²) in [6, 6.07) is 19.4. The maximum atomic E-state index is 14.1. The third-order valence-electron chi connectivity index (χ3n) is 5.29. The highest BCUT2D eigenvalue weighted by atomic mass is 79.9. The van der Waals surface area contributed by atoms with Crippen LogP contribution in [-0.2, 0) is 10.0 Å². The van der Waals surface area contributed by atoms with Crippen molar-refractivity contribution in [3.8, 4) is 0 Å². The van der Waals surface area contributed by atoms with E-state index in [1.807, 2.05) is 4.90 Å². The minimum Gasteiger partial charge on any atom is -0.366 e. The quantitative estimate of drug-likeness (QED) is 0.546.